The van der Waals surface area contributed by atoms with Gasteiger partial charge in [-0.25, -0.2) is 0 Å². The first kappa shape index (κ1) is 22.3. The van der Waals surface area contributed by atoms with Crippen molar-refractivity contribution >= 4 is 33.5 Å². The molecule has 4 rings (SSSR count). The first-order chi connectivity index (χ1) is 13.4. The van der Waals surface area contributed by atoms with E-state index < -0.39 is 11.9 Å². The third-order valence-corrected chi connectivity index (χ3v) is 4.67. The first-order valence-corrected chi connectivity index (χ1v) is 8.78. The minimum Gasteiger partial charge on any atom is -0.545 e. The fraction of sp³-hybridized carbons (Fsp3) is 0.0833. The molecule has 4 nitrogen and oxygen atoms in total. The van der Waals surface area contributed by atoms with E-state index in [9.17, 15) is 19.8 Å². The SMILES string of the molecule is Cc1cccc2cc(C(=O)[O-])ccc12.Cc1cccc2cc(C(=O)[O-])ccc12.[Zn+2]. The van der Waals surface area contributed by atoms with Gasteiger partial charge in [0.15, 0.2) is 0 Å². The molecular formula is C24H18O4Zn. The Kier molecular flexibility index (Phi) is 7.25. The van der Waals surface area contributed by atoms with E-state index in [1.54, 1.807) is 24.3 Å². The second kappa shape index (κ2) is 9.44. The van der Waals surface area contributed by atoms with Crippen LogP contribution in [0.5, 0.6) is 0 Å². The molecule has 4 aromatic rings. The number of aromatic carboxylic acids is 2. The molecule has 0 heterocycles. The van der Waals surface area contributed by atoms with Crippen LogP contribution in [0.15, 0.2) is 72.8 Å². The summed E-state index contributed by atoms with van der Waals surface area (Å²) in [6.45, 7) is 4.00. The van der Waals surface area contributed by atoms with Gasteiger partial charge in [-0.15, -0.1) is 0 Å². The molecule has 0 aliphatic carbocycles. The van der Waals surface area contributed by atoms with Crippen LogP contribution < -0.4 is 10.2 Å². The predicted molar refractivity (Wildman–Crippen MR) is 106 cm³/mol. The van der Waals surface area contributed by atoms with E-state index in [1.165, 1.54) is 0 Å². The van der Waals surface area contributed by atoms with Crippen LogP contribution in [0.25, 0.3) is 21.5 Å². The average molecular weight is 436 g/mol. The van der Waals surface area contributed by atoms with Crippen LogP contribution in [-0.4, -0.2) is 11.9 Å². The molecule has 0 fully saturated rings. The fourth-order valence-electron chi connectivity index (χ4n) is 3.15. The van der Waals surface area contributed by atoms with E-state index in [0.717, 1.165) is 32.7 Å². The summed E-state index contributed by atoms with van der Waals surface area (Å²) in [7, 11) is 0. The number of benzene rings is 4. The number of hydrogen-bond donors (Lipinski definition) is 0. The Morgan fingerprint density at radius 2 is 1.00 bits per heavy atom. The molecule has 29 heavy (non-hydrogen) atoms. The number of fused-ring (bicyclic) bond motifs is 2. The van der Waals surface area contributed by atoms with Crippen LogP contribution in [0, 0.1) is 13.8 Å². The van der Waals surface area contributed by atoms with Crippen molar-refractivity contribution in [1.29, 1.82) is 0 Å². The first-order valence-electron chi connectivity index (χ1n) is 8.78. The van der Waals surface area contributed by atoms with Gasteiger partial charge in [0.25, 0.3) is 0 Å². The Balaban J connectivity index is 0.000000200. The molecule has 0 saturated heterocycles. The molecular weight excluding hydrogens is 418 g/mol. The molecule has 0 bridgehead atoms. The molecule has 140 valence electrons. The molecule has 0 amide bonds. The summed E-state index contributed by atoms with van der Waals surface area (Å²) in [6, 6.07) is 21.7. The van der Waals surface area contributed by atoms with Crippen LogP contribution in [0.2, 0.25) is 0 Å². The normalized spacial score (nSPS) is 10.0. The number of carbonyl (C=O) groups excluding carboxylic acids is 2. The third-order valence-electron chi connectivity index (χ3n) is 4.67. The standard InChI is InChI=1S/2C12H10O2.Zn/c2*1-8-3-2-4-9-7-10(12(13)14)5-6-11(8)9;/h2*2-7H,1H3,(H,13,14);/q;;+2/p-2. The smallest absolute Gasteiger partial charge is 0.545 e. The van der Waals surface area contributed by atoms with Gasteiger partial charge in [0.1, 0.15) is 0 Å². The molecule has 4 aromatic carbocycles. The van der Waals surface area contributed by atoms with E-state index in [2.05, 4.69) is 0 Å². The number of aryl methyl sites for hydroxylation is 2. The van der Waals surface area contributed by atoms with Gasteiger partial charge in [-0.05, 0) is 69.8 Å². The summed E-state index contributed by atoms with van der Waals surface area (Å²) in [5.74, 6) is -2.26. The summed E-state index contributed by atoms with van der Waals surface area (Å²) < 4.78 is 0. The molecule has 5 heteroatoms. The summed E-state index contributed by atoms with van der Waals surface area (Å²) in [5, 5.41) is 25.3. The molecule has 0 aromatic heterocycles. The quantitative estimate of drug-likeness (QED) is 0.453. The number of rotatable bonds is 2. The zero-order valence-electron chi connectivity index (χ0n) is 16.3. The summed E-state index contributed by atoms with van der Waals surface area (Å²) >= 11 is 0. The maximum atomic E-state index is 10.6. The van der Waals surface area contributed by atoms with Gasteiger partial charge in [0.05, 0.1) is 11.9 Å². The van der Waals surface area contributed by atoms with Crippen LogP contribution in [0.4, 0.5) is 0 Å². The van der Waals surface area contributed by atoms with Crippen LogP contribution >= 0.6 is 0 Å². The van der Waals surface area contributed by atoms with Gasteiger partial charge in [-0.2, -0.15) is 0 Å². The number of carboxylic acid groups (broad SMARTS) is 2. The molecule has 0 radical (unpaired) electrons. The Morgan fingerprint density at radius 1 is 0.621 bits per heavy atom. The van der Waals surface area contributed by atoms with Crippen LogP contribution in [-0.2, 0) is 19.5 Å². The van der Waals surface area contributed by atoms with Gasteiger partial charge in [-0.3, -0.25) is 0 Å². The van der Waals surface area contributed by atoms with Gasteiger partial charge in [-0.1, -0.05) is 60.7 Å². The summed E-state index contributed by atoms with van der Waals surface area (Å²) in [6.07, 6.45) is 0. The van der Waals surface area contributed by atoms with Crippen molar-refractivity contribution in [3.63, 3.8) is 0 Å². The zero-order chi connectivity index (χ0) is 20.3. The van der Waals surface area contributed by atoms with E-state index in [0.29, 0.717) is 0 Å². The average Bonchev–Trinajstić information content (AvgIpc) is 2.68. The second-order valence-corrected chi connectivity index (χ2v) is 6.60. The van der Waals surface area contributed by atoms with E-state index in [-0.39, 0.29) is 30.6 Å². The van der Waals surface area contributed by atoms with Crippen molar-refractivity contribution < 1.29 is 39.3 Å². The molecule has 0 spiro atoms. The molecule has 0 atom stereocenters. The van der Waals surface area contributed by atoms with Crippen molar-refractivity contribution in [2.45, 2.75) is 13.8 Å². The topological polar surface area (TPSA) is 80.3 Å². The summed E-state index contributed by atoms with van der Waals surface area (Å²) in [5.41, 5.74) is 2.74. The van der Waals surface area contributed by atoms with Gasteiger partial charge in [0, 0.05) is 0 Å². The van der Waals surface area contributed by atoms with Crippen LogP contribution in [0.3, 0.4) is 0 Å². The van der Waals surface area contributed by atoms with Crippen molar-refractivity contribution in [1.82, 2.24) is 0 Å². The second-order valence-electron chi connectivity index (χ2n) is 6.60. The van der Waals surface area contributed by atoms with E-state index >= 15 is 0 Å². The van der Waals surface area contributed by atoms with Gasteiger partial charge >= 0.3 is 19.5 Å². The Morgan fingerprint density at radius 3 is 1.34 bits per heavy atom. The largest absolute Gasteiger partial charge is 2.00 e. The minimum atomic E-state index is -1.13. The van der Waals surface area contributed by atoms with Crippen molar-refractivity contribution in [3.8, 4) is 0 Å². The number of carboxylic acids is 2. The maximum Gasteiger partial charge on any atom is 2.00 e. The zero-order valence-corrected chi connectivity index (χ0v) is 19.2. The van der Waals surface area contributed by atoms with E-state index in [4.69, 9.17) is 0 Å². The molecule has 0 unspecified atom stereocenters. The minimum absolute atomic E-state index is 0. The molecule has 0 aliphatic rings. The number of hydrogen-bond acceptors (Lipinski definition) is 4. The molecule has 0 saturated carbocycles. The predicted octanol–water partition coefficient (Wildman–Crippen LogP) is 3.02. The number of carbonyl (C=O) groups is 2. The monoisotopic (exact) mass is 434 g/mol. The Labute approximate surface area is 181 Å². The fourth-order valence-corrected chi connectivity index (χ4v) is 3.15. The molecule has 0 N–H and O–H groups in total. The van der Waals surface area contributed by atoms with Crippen LogP contribution in [0.1, 0.15) is 31.8 Å². The van der Waals surface area contributed by atoms with Gasteiger partial charge in [0.2, 0.25) is 0 Å². The van der Waals surface area contributed by atoms with Gasteiger partial charge < -0.3 is 19.8 Å². The Bertz CT molecular complexity index is 1100. The van der Waals surface area contributed by atoms with Crippen molar-refractivity contribution in [2.75, 3.05) is 0 Å². The maximum absolute atomic E-state index is 10.6. The van der Waals surface area contributed by atoms with Crippen molar-refractivity contribution in [3.05, 3.63) is 95.1 Å². The molecule has 0 aliphatic heterocycles. The third kappa shape index (κ3) is 5.07. The van der Waals surface area contributed by atoms with Crippen molar-refractivity contribution in [2.24, 2.45) is 0 Å². The summed E-state index contributed by atoms with van der Waals surface area (Å²) in [4.78, 5) is 21.2. The Hall–Kier alpha value is -3.04. The van der Waals surface area contributed by atoms with E-state index in [1.807, 2.05) is 62.4 Å².